The first-order valence-corrected chi connectivity index (χ1v) is 4.35. The van der Waals surface area contributed by atoms with Crippen molar-refractivity contribution in [1.82, 2.24) is 0 Å². The first-order valence-electron chi connectivity index (χ1n) is 4.35. The van der Waals surface area contributed by atoms with Crippen LogP contribution in [0.2, 0.25) is 0 Å². The van der Waals surface area contributed by atoms with Crippen molar-refractivity contribution in [3.05, 3.63) is 0 Å². The highest BCUT2D eigenvalue weighted by atomic mass is 16.5. The van der Waals surface area contributed by atoms with Crippen LogP contribution in [-0.2, 0) is 14.3 Å². The Kier molecular flexibility index (Phi) is 7.00. The van der Waals surface area contributed by atoms with Crippen LogP contribution in [0.25, 0.3) is 0 Å². The van der Waals surface area contributed by atoms with Gasteiger partial charge in [-0.1, -0.05) is 0 Å². The molecule has 0 aliphatic rings. The van der Waals surface area contributed by atoms with Crippen LogP contribution >= 0.6 is 0 Å². The molecule has 0 amide bonds. The summed E-state index contributed by atoms with van der Waals surface area (Å²) in [4.78, 5) is 10.6. The fourth-order valence-corrected chi connectivity index (χ4v) is 0.916. The quantitative estimate of drug-likeness (QED) is 0.547. The number of hydrogen-bond acceptors (Lipinski definition) is 3. The summed E-state index contributed by atoms with van der Waals surface area (Å²) < 4.78 is 10.4. The fraction of sp³-hybridized carbons (Fsp3) is 0.889. The zero-order valence-electron chi connectivity index (χ0n) is 8.13. The molecular weight excluding hydrogens is 156 g/mol. The third-order valence-electron chi connectivity index (χ3n) is 1.41. The van der Waals surface area contributed by atoms with Crippen LogP contribution in [0.3, 0.4) is 0 Å². The van der Waals surface area contributed by atoms with E-state index in [9.17, 15) is 4.79 Å². The molecule has 0 saturated carbocycles. The lowest BCUT2D eigenvalue weighted by molar-refractivity contribution is -0.119. The van der Waals surface area contributed by atoms with Crippen LogP contribution in [0.4, 0.5) is 0 Å². The first-order chi connectivity index (χ1) is 5.66. The van der Waals surface area contributed by atoms with E-state index in [0.717, 1.165) is 0 Å². The van der Waals surface area contributed by atoms with Crippen molar-refractivity contribution in [1.29, 1.82) is 0 Å². The highest BCUT2D eigenvalue weighted by Crippen LogP contribution is 1.97. The Labute approximate surface area is 74.0 Å². The lowest BCUT2D eigenvalue weighted by Crippen LogP contribution is -2.15. The first kappa shape index (κ1) is 11.6. The second-order valence-corrected chi connectivity index (χ2v) is 2.78. The molecule has 0 aromatic rings. The molecule has 0 rings (SSSR count). The van der Waals surface area contributed by atoms with E-state index in [4.69, 9.17) is 9.47 Å². The van der Waals surface area contributed by atoms with Gasteiger partial charge >= 0.3 is 0 Å². The Hall–Kier alpha value is -0.410. The van der Waals surface area contributed by atoms with Crippen molar-refractivity contribution >= 4 is 5.78 Å². The van der Waals surface area contributed by atoms with E-state index in [1.54, 1.807) is 6.92 Å². The van der Waals surface area contributed by atoms with Crippen molar-refractivity contribution in [2.75, 3.05) is 19.8 Å². The van der Waals surface area contributed by atoms with Crippen LogP contribution in [0, 0.1) is 0 Å². The van der Waals surface area contributed by atoms with Crippen molar-refractivity contribution in [2.45, 2.75) is 33.3 Å². The lowest BCUT2D eigenvalue weighted by atomic mass is 10.2. The molecule has 12 heavy (non-hydrogen) atoms. The molecule has 1 unspecified atom stereocenters. The van der Waals surface area contributed by atoms with Gasteiger partial charge in [0.15, 0.2) is 0 Å². The molecular formula is C9H18O3. The molecule has 0 heterocycles. The Bertz CT molecular complexity index is 123. The number of ketones is 1. The third-order valence-corrected chi connectivity index (χ3v) is 1.41. The summed E-state index contributed by atoms with van der Waals surface area (Å²) in [7, 11) is 0. The van der Waals surface area contributed by atoms with Crippen molar-refractivity contribution in [3.8, 4) is 0 Å². The number of carbonyl (C=O) groups is 1. The summed E-state index contributed by atoms with van der Waals surface area (Å²) in [6, 6.07) is 0. The monoisotopic (exact) mass is 174 g/mol. The number of carbonyl (C=O) groups excluding carboxylic acids is 1. The molecule has 3 heteroatoms. The predicted molar refractivity (Wildman–Crippen MR) is 47.2 cm³/mol. The van der Waals surface area contributed by atoms with Crippen LogP contribution < -0.4 is 0 Å². The SMILES string of the molecule is CCOCCOC(C)CC(C)=O. The van der Waals surface area contributed by atoms with E-state index in [0.29, 0.717) is 26.2 Å². The summed E-state index contributed by atoms with van der Waals surface area (Å²) >= 11 is 0. The summed E-state index contributed by atoms with van der Waals surface area (Å²) in [5.74, 6) is 0.166. The predicted octanol–water partition coefficient (Wildman–Crippen LogP) is 1.41. The molecule has 72 valence electrons. The Morgan fingerprint density at radius 3 is 2.58 bits per heavy atom. The molecule has 1 atom stereocenters. The fourth-order valence-electron chi connectivity index (χ4n) is 0.916. The van der Waals surface area contributed by atoms with Gasteiger partial charge in [-0.05, 0) is 20.8 Å². The number of hydrogen-bond donors (Lipinski definition) is 0. The molecule has 0 aromatic heterocycles. The van der Waals surface area contributed by atoms with Gasteiger partial charge < -0.3 is 9.47 Å². The summed E-state index contributed by atoms with van der Waals surface area (Å²) in [6.45, 7) is 7.31. The zero-order valence-corrected chi connectivity index (χ0v) is 8.13. The minimum Gasteiger partial charge on any atom is -0.379 e. The van der Waals surface area contributed by atoms with Gasteiger partial charge in [-0.15, -0.1) is 0 Å². The largest absolute Gasteiger partial charge is 0.379 e. The standard InChI is InChI=1S/C9H18O3/c1-4-11-5-6-12-9(3)7-8(2)10/h9H,4-7H2,1-3H3. The Morgan fingerprint density at radius 1 is 1.42 bits per heavy atom. The van der Waals surface area contributed by atoms with Gasteiger partial charge in [-0.2, -0.15) is 0 Å². The molecule has 0 spiro atoms. The van der Waals surface area contributed by atoms with Crippen LogP contribution in [-0.4, -0.2) is 31.7 Å². The topological polar surface area (TPSA) is 35.5 Å². The normalized spacial score (nSPS) is 12.9. The maximum atomic E-state index is 10.6. The number of rotatable bonds is 7. The smallest absolute Gasteiger partial charge is 0.132 e. The molecule has 0 saturated heterocycles. The molecule has 0 fully saturated rings. The van der Waals surface area contributed by atoms with Gasteiger partial charge in [0.1, 0.15) is 5.78 Å². The average Bonchev–Trinajstić information content (AvgIpc) is 1.97. The molecule has 0 N–H and O–H groups in total. The molecule has 0 aliphatic carbocycles. The molecule has 0 aliphatic heterocycles. The van der Waals surface area contributed by atoms with E-state index < -0.39 is 0 Å². The van der Waals surface area contributed by atoms with Crippen LogP contribution in [0.1, 0.15) is 27.2 Å². The average molecular weight is 174 g/mol. The Morgan fingerprint density at radius 2 is 2.08 bits per heavy atom. The minimum absolute atomic E-state index is 0.0166. The van der Waals surface area contributed by atoms with Gasteiger partial charge in [0.2, 0.25) is 0 Å². The van der Waals surface area contributed by atoms with E-state index in [2.05, 4.69) is 0 Å². The highest BCUT2D eigenvalue weighted by Gasteiger charge is 2.04. The van der Waals surface area contributed by atoms with Gasteiger partial charge in [-0.25, -0.2) is 0 Å². The molecule has 0 aromatic carbocycles. The van der Waals surface area contributed by atoms with Gasteiger partial charge in [0, 0.05) is 13.0 Å². The Balaban J connectivity index is 3.19. The van der Waals surface area contributed by atoms with Crippen LogP contribution in [0.15, 0.2) is 0 Å². The van der Waals surface area contributed by atoms with Gasteiger partial charge in [0.25, 0.3) is 0 Å². The maximum Gasteiger partial charge on any atom is 0.132 e. The summed E-state index contributed by atoms with van der Waals surface area (Å²) in [5.41, 5.74) is 0. The lowest BCUT2D eigenvalue weighted by Gasteiger charge is -2.10. The number of Topliss-reactive ketones (excluding diaryl/α,β-unsaturated/α-hetero) is 1. The molecule has 3 nitrogen and oxygen atoms in total. The molecule has 0 bridgehead atoms. The minimum atomic E-state index is 0.0166. The number of ether oxygens (including phenoxy) is 2. The van der Waals surface area contributed by atoms with E-state index in [1.807, 2.05) is 13.8 Å². The summed E-state index contributed by atoms with van der Waals surface area (Å²) in [6.07, 6.45) is 0.509. The third kappa shape index (κ3) is 7.69. The highest BCUT2D eigenvalue weighted by molar-refractivity contribution is 5.75. The second kappa shape index (κ2) is 7.25. The maximum absolute atomic E-state index is 10.6. The van der Waals surface area contributed by atoms with Crippen molar-refractivity contribution < 1.29 is 14.3 Å². The van der Waals surface area contributed by atoms with E-state index in [-0.39, 0.29) is 11.9 Å². The van der Waals surface area contributed by atoms with E-state index >= 15 is 0 Å². The second-order valence-electron chi connectivity index (χ2n) is 2.78. The zero-order chi connectivity index (χ0) is 9.40. The van der Waals surface area contributed by atoms with Crippen molar-refractivity contribution in [3.63, 3.8) is 0 Å². The summed E-state index contributed by atoms with van der Waals surface area (Å²) in [5, 5.41) is 0. The van der Waals surface area contributed by atoms with Gasteiger partial charge in [0.05, 0.1) is 19.3 Å². The van der Waals surface area contributed by atoms with E-state index in [1.165, 1.54) is 0 Å². The van der Waals surface area contributed by atoms with Crippen molar-refractivity contribution in [2.24, 2.45) is 0 Å². The van der Waals surface area contributed by atoms with Gasteiger partial charge in [-0.3, -0.25) is 4.79 Å². The molecule has 0 radical (unpaired) electrons. The van der Waals surface area contributed by atoms with Crippen LogP contribution in [0.5, 0.6) is 0 Å².